The van der Waals surface area contributed by atoms with Crippen LogP contribution in [-0.2, 0) is 13.2 Å². The Balaban J connectivity index is 1.81. The summed E-state index contributed by atoms with van der Waals surface area (Å²) in [5.74, 6) is -0.266. The standard InChI is InChI=1S/C16H17F3N4O2/c1-22-9-12(16(17,18)19)21-14(22)11-3-2-6-23(8-11)15(25)10-4-5-20-13(24)7-10/h4-5,7,9,11H,2-3,6,8H2,1H3,(H,20,24)/t11-/m0/s1. The minimum Gasteiger partial charge on any atom is -0.338 e. The van der Waals surface area contributed by atoms with Crippen LogP contribution in [0.25, 0.3) is 0 Å². The Morgan fingerprint density at radius 3 is 2.80 bits per heavy atom. The molecule has 1 fully saturated rings. The fourth-order valence-electron chi connectivity index (χ4n) is 3.13. The van der Waals surface area contributed by atoms with Crippen LogP contribution < -0.4 is 5.56 Å². The number of piperidine rings is 1. The van der Waals surface area contributed by atoms with Crippen LogP contribution in [0.4, 0.5) is 13.2 Å². The van der Waals surface area contributed by atoms with E-state index in [2.05, 4.69) is 9.97 Å². The van der Waals surface area contributed by atoms with Gasteiger partial charge in [0.1, 0.15) is 5.82 Å². The SMILES string of the molecule is Cn1cc(C(F)(F)F)nc1[C@H]1CCCN(C(=O)c2cc[nH]c(=O)c2)C1. The Hall–Kier alpha value is -2.58. The van der Waals surface area contributed by atoms with Crippen molar-refractivity contribution in [3.8, 4) is 0 Å². The summed E-state index contributed by atoms with van der Waals surface area (Å²) in [6.45, 7) is 0.770. The Labute approximate surface area is 141 Å². The van der Waals surface area contributed by atoms with E-state index in [4.69, 9.17) is 0 Å². The number of H-pyrrole nitrogens is 1. The first-order valence-electron chi connectivity index (χ1n) is 7.84. The first kappa shape index (κ1) is 17.2. The normalized spacial score (nSPS) is 18.4. The number of aryl methyl sites for hydroxylation is 1. The van der Waals surface area contributed by atoms with Crippen LogP contribution in [0.3, 0.4) is 0 Å². The van der Waals surface area contributed by atoms with Crippen LogP contribution in [0.15, 0.2) is 29.3 Å². The van der Waals surface area contributed by atoms with Gasteiger partial charge in [0.25, 0.3) is 5.91 Å². The number of amides is 1. The van der Waals surface area contributed by atoms with Crippen LogP contribution >= 0.6 is 0 Å². The number of aromatic amines is 1. The van der Waals surface area contributed by atoms with Gasteiger partial charge in [-0.15, -0.1) is 0 Å². The van der Waals surface area contributed by atoms with Crippen LogP contribution in [0.5, 0.6) is 0 Å². The summed E-state index contributed by atoms with van der Waals surface area (Å²) in [5, 5.41) is 0. The van der Waals surface area contributed by atoms with E-state index in [0.29, 0.717) is 25.2 Å². The summed E-state index contributed by atoms with van der Waals surface area (Å²) < 4.78 is 39.9. The second kappa shape index (κ2) is 6.38. The maximum atomic E-state index is 12.8. The maximum Gasteiger partial charge on any atom is 0.434 e. The molecule has 1 saturated heterocycles. The van der Waals surface area contributed by atoms with Crippen molar-refractivity contribution in [2.45, 2.75) is 24.9 Å². The number of nitrogens with zero attached hydrogens (tertiary/aromatic N) is 3. The van der Waals surface area contributed by atoms with Gasteiger partial charge in [-0.3, -0.25) is 9.59 Å². The zero-order valence-corrected chi connectivity index (χ0v) is 13.5. The molecule has 2 aromatic heterocycles. The van der Waals surface area contributed by atoms with Gasteiger partial charge in [0.2, 0.25) is 5.56 Å². The van der Waals surface area contributed by atoms with Gasteiger partial charge in [0.05, 0.1) is 0 Å². The molecule has 1 atom stereocenters. The lowest BCUT2D eigenvalue weighted by Gasteiger charge is -2.32. The number of carbonyl (C=O) groups excluding carboxylic acids is 1. The van der Waals surface area contributed by atoms with Gasteiger partial charge < -0.3 is 14.5 Å². The third-order valence-electron chi connectivity index (χ3n) is 4.30. The molecule has 25 heavy (non-hydrogen) atoms. The molecule has 0 bridgehead atoms. The molecule has 3 heterocycles. The van der Waals surface area contributed by atoms with E-state index in [0.717, 1.165) is 6.20 Å². The third-order valence-corrected chi connectivity index (χ3v) is 4.30. The lowest BCUT2D eigenvalue weighted by Crippen LogP contribution is -2.40. The summed E-state index contributed by atoms with van der Waals surface area (Å²) in [7, 11) is 1.52. The Kier molecular flexibility index (Phi) is 4.40. The fourth-order valence-corrected chi connectivity index (χ4v) is 3.13. The largest absolute Gasteiger partial charge is 0.434 e. The molecule has 134 valence electrons. The summed E-state index contributed by atoms with van der Waals surface area (Å²) in [5.41, 5.74) is -1.04. The predicted octanol–water partition coefficient (Wildman–Crippen LogP) is 2.15. The van der Waals surface area contributed by atoms with E-state index >= 15 is 0 Å². The predicted molar refractivity (Wildman–Crippen MR) is 83.2 cm³/mol. The quantitative estimate of drug-likeness (QED) is 0.898. The Morgan fingerprint density at radius 2 is 2.16 bits per heavy atom. The van der Waals surface area contributed by atoms with E-state index in [1.54, 1.807) is 4.90 Å². The number of alkyl halides is 3. The highest BCUT2D eigenvalue weighted by molar-refractivity contribution is 5.94. The Morgan fingerprint density at radius 1 is 1.40 bits per heavy atom. The molecule has 0 aliphatic carbocycles. The fraction of sp³-hybridized carbons (Fsp3) is 0.438. The number of pyridine rings is 1. The number of hydrogen-bond acceptors (Lipinski definition) is 3. The molecule has 1 aliphatic rings. The second-order valence-electron chi connectivity index (χ2n) is 6.12. The summed E-state index contributed by atoms with van der Waals surface area (Å²) in [6, 6.07) is 2.73. The summed E-state index contributed by atoms with van der Waals surface area (Å²) in [4.78, 5) is 31.6. The summed E-state index contributed by atoms with van der Waals surface area (Å²) >= 11 is 0. The van der Waals surface area contributed by atoms with E-state index < -0.39 is 11.9 Å². The monoisotopic (exact) mass is 354 g/mol. The molecule has 1 N–H and O–H groups in total. The molecule has 0 unspecified atom stereocenters. The Bertz CT molecular complexity index is 840. The van der Waals surface area contributed by atoms with E-state index in [1.807, 2.05) is 0 Å². The van der Waals surface area contributed by atoms with Crippen molar-refractivity contribution >= 4 is 5.91 Å². The molecular weight excluding hydrogens is 337 g/mol. The molecule has 3 rings (SSSR count). The summed E-state index contributed by atoms with van der Waals surface area (Å²) in [6.07, 6.45) is -0.821. The highest BCUT2D eigenvalue weighted by Crippen LogP contribution is 2.32. The number of aromatic nitrogens is 3. The van der Waals surface area contributed by atoms with Crippen LogP contribution in [0.2, 0.25) is 0 Å². The maximum absolute atomic E-state index is 12.8. The number of nitrogens with one attached hydrogen (secondary N) is 1. The average Bonchev–Trinajstić information content (AvgIpc) is 2.96. The molecule has 0 spiro atoms. The highest BCUT2D eigenvalue weighted by atomic mass is 19.4. The molecule has 9 heteroatoms. The lowest BCUT2D eigenvalue weighted by atomic mass is 9.96. The first-order valence-corrected chi connectivity index (χ1v) is 7.84. The minimum atomic E-state index is -4.49. The zero-order valence-electron chi connectivity index (χ0n) is 13.5. The van der Waals surface area contributed by atoms with Gasteiger partial charge >= 0.3 is 6.18 Å². The molecule has 6 nitrogen and oxygen atoms in total. The molecule has 2 aromatic rings. The van der Waals surface area contributed by atoms with Crippen molar-refractivity contribution in [3.05, 3.63) is 52.0 Å². The first-order chi connectivity index (χ1) is 11.8. The van der Waals surface area contributed by atoms with Gasteiger partial charge in [0, 0.05) is 50.1 Å². The number of imidazole rings is 1. The molecule has 1 aliphatic heterocycles. The van der Waals surface area contributed by atoms with E-state index in [9.17, 15) is 22.8 Å². The number of hydrogen-bond donors (Lipinski definition) is 1. The van der Waals surface area contributed by atoms with Gasteiger partial charge in [-0.1, -0.05) is 0 Å². The second-order valence-corrected chi connectivity index (χ2v) is 6.12. The van der Waals surface area contributed by atoms with E-state index in [-0.39, 0.29) is 29.5 Å². The molecule has 0 aromatic carbocycles. The molecule has 0 radical (unpaired) electrons. The van der Waals surface area contributed by atoms with Gasteiger partial charge in [-0.2, -0.15) is 13.2 Å². The number of halogens is 3. The van der Waals surface area contributed by atoms with Crippen molar-refractivity contribution in [2.24, 2.45) is 7.05 Å². The van der Waals surface area contributed by atoms with Crippen LogP contribution in [0, 0.1) is 0 Å². The smallest absolute Gasteiger partial charge is 0.338 e. The van der Waals surface area contributed by atoms with Crippen molar-refractivity contribution in [1.82, 2.24) is 19.4 Å². The minimum absolute atomic E-state index is 0.264. The van der Waals surface area contributed by atoms with Crippen LogP contribution in [-0.4, -0.2) is 38.4 Å². The van der Waals surface area contributed by atoms with Crippen LogP contribution in [0.1, 0.15) is 40.6 Å². The number of likely N-dealkylation sites (tertiary alicyclic amines) is 1. The lowest BCUT2D eigenvalue weighted by molar-refractivity contribution is -0.141. The molecule has 1 amide bonds. The van der Waals surface area contributed by atoms with Gasteiger partial charge in [-0.05, 0) is 18.9 Å². The topological polar surface area (TPSA) is 71.0 Å². The van der Waals surface area contributed by atoms with E-state index in [1.165, 1.54) is 29.9 Å². The van der Waals surface area contributed by atoms with Crippen molar-refractivity contribution < 1.29 is 18.0 Å². The number of rotatable bonds is 2. The number of carbonyl (C=O) groups is 1. The van der Waals surface area contributed by atoms with Gasteiger partial charge in [-0.25, -0.2) is 4.98 Å². The molecule has 0 saturated carbocycles. The zero-order chi connectivity index (χ0) is 18.2. The van der Waals surface area contributed by atoms with Crippen molar-refractivity contribution in [2.75, 3.05) is 13.1 Å². The average molecular weight is 354 g/mol. The van der Waals surface area contributed by atoms with Gasteiger partial charge in [0.15, 0.2) is 5.69 Å². The van der Waals surface area contributed by atoms with Crippen molar-refractivity contribution in [1.29, 1.82) is 0 Å². The third kappa shape index (κ3) is 3.59. The highest BCUT2D eigenvalue weighted by Gasteiger charge is 2.36. The molecular formula is C16H17F3N4O2. The van der Waals surface area contributed by atoms with Crippen molar-refractivity contribution in [3.63, 3.8) is 0 Å².